The minimum Gasteiger partial charge on any atom is -0.448 e. The minimum atomic E-state index is -0.443. The van der Waals surface area contributed by atoms with E-state index in [1.807, 2.05) is 0 Å². The van der Waals surface area contributed by atoms with E-state index in [1.54, 1.807) is 18.2 Å². The predicted molar refractivity (Wildman–Crippen MR) is 71.8 cm³/mol. The summed E-state index contributed by atoms with van der Waals surface area (Å²) in [4.78, 5) is 10.2. The third-order valence-corrected chi connectivity index (χ3v) is 3.14. The molecule has 0 aliphatic carbocycles. The Morgan fingerprint density at radius 3 is 2.78 bits per heavy atom. The summed E-state index contributed by atoms with van der Waals surface area (Å²) in [7, 11) is 0. The highest BCUT2D eigenvalue weighted by Gasteiger charge is 2.09. The topological polar surface area (TPSA) is 68.3 Å². The normalized spacial score (nSPS) is 10.3. The Bertz CT molecular complexity index is 585. The molecule has 1 heterocycles. The zero-order valence-electron chi connectivity index (χ0n) is 9.02. The van der Waals surface area contributed by atoms with Crippen LogP contribution in [0.1, 0.15) is 5.76 Å². The lowest BCUT2D eigenvalue weighted by molar-refractivity contribution is -0.384. The second-order valence-electron chi connectivity index (χ2n) is 3.48. The van der Waals surface area contributed by atoms with E-state index < -0.39 is 4.92 Å². The molecule has 0 atom stereocenters. The van der Waals surface area contributed by atoms with Crippen molar-refractivity contribution in [1.29, 1.82) is 0 Å². The molecule has 2 rings (SSSR count). The molecular weight excluding hydrogens is 323 g/mol. The maximum absolute atomic E-state index is 10.7. The van der Waals surface area contributed by atoms with Gasteiger partial charge in [0.05, 0.1) is 17.2 Å². The highest BCUT2D eigenvalue weighted by Crippen LogP contribution is 2.27. The number of halogens is 2. The van der Waals surface area contributed by atoms with Gasteiger partial charge < -0.3 is 9.73 Å². The van der Waals surface area contributed by atoms with E-state index in [2.05, 4.69) is 21.2 Å². The smallest absolute Gasteiger partial charge is 0.271 e. The maximum Gasteiger partial charge on any atom is 0.271 e. The molecule has 0 aliphatic rings. The van der Waals surface area contributed by atoms with Crippen LogP contribution in [0.4, 0.5) is 11.4 Å². The molecule has 0 bridgehead atoms. The first-order valence-electron chi connectivity index (χ1n) is 4.98. The van der Waals surface area contributed by atoms with Crippen LogP contribution >= 0.6 is 27.5 Å². The number of hydrogen-bond donors (Lipinski definition) is 1. The van der Waals surface area contributed by atoms with Gasteiger partial charge in [-0.25, -0.2) is 0 Å². The molecule has 0 saturated heterocycles. The summed E-state index contributed by atoms with van der Waals surface area (Å²) in [5.41, 5.74) is 0.648. The summed E-state index contributed by atoms with van der Waals surface area (Å²) in [6.45, 7) is 0.395. The number of rotatable bonds is 4. The van der Waals surface area contributed by atoms with Crippen molar-refractivity contribution in [3.8, 4) is 0 Å². The first kappa shape index (κ1) is 12.9. The Morgan fingerprint density at radius 1 is 1.39 bits per heavy atom. The first-order chi connectivity index (χ1) is 8.56. The summed E-state index contributed by atoms with van der Waals surface area (Å²) in [5.74, 6) is 0.651. The molecule has 1 aromatic carbocycles. The van der Waals surface area contributed by atoms with Gasteiger partial charge in [0.15, 0.2) is 5.22 Å². The van der Waals surface area contributed by atoms with Gasteiger partial charge >= 0.3 is 0 Å². The molecular formula is C11H8BrClN2O3. The monoisotopic (exact) mass is 330 g/mol. The van der Waals surface area contributed by atoms with Crippen molar-refractivity contribution < 1.29 is 9.34 Å². The average molecular weight is 332 g/mol. The zero-order chi connectivity index (χ0) is 13.1. The van der Waals surface area contributed by atoms with Crippen LogP contribution in [0, 0.1) is 10.1 Å². The summed E-state index contributed by atoms with van der Waals surface area (Å²) in [5, 5.41) is 14.0. The van der Waals surface area contributed by atoms with E-state index in [9.17, 15) is 10.1 Å². The van der Waals surface area contributed by atoms with Crippen molar-refractivity contribution in [3.05, 3.63) is 55.9 Å². The summed E-state index contributed by atoms with van der Waals surface area (Å²) in [6.07, 6.45) is 0. The number of anilines is 1. The number of nitrogens with zero attached hydrogens (tertiary/aromatic N) is 1. The van der Waals surface area contributed by atoms with E-state index in [0.717, 1.165) is 4.47 Å². The molecule has 1 aromatic heterocycles. The Balaban J connectivity index is 2.13. The van der Waals surface area contributed by atoms with Gasteiger partial charge in [0.2, 0.25) is 0 Å². The van der Waals surface area contributed by atoms with E-state index in [1.165, 1.54) is 12.1 Å². The summed E-state index contributed by atoms with van der Waals surface area (Å²) in [6, 6.07) is 7.88. The lowest BCUT2D eigenvalue weighted by atomic mass is 10.3. The van der Waals surface area contributed by atoms with Crippen molar-refractivity contribution >= 4 is 38.9 Å². The number of benzene rings is 1. The average Bonchev–Trinajstić information content (AvgIpc) is 2.74. The molecule has 5 nitrogen and oxygen atoms in total. The number of nitrogens with one attached hydrogen (secondary N) is 1. The number of hydrogen-bond acceptors (Lipinski definition) is 4. The maximum atomic E-state index is 10.7. The van der Waals surface area contributed by atoms with Crippen LogP contribution in [0.25, 0.3) is 0 Å². The SMILES string of the molecule is O=[N+]([O-])c1ccc(Br)c(NCc2ccc(Cl)o2)c1. The molecule has 18 heavy (non-hydrogen) atoms. The summed E-state index contributed by atoms with van der Waals surface area (Å²) >= 11 is 8.96. The third kappa shape index (κ3) is 3.02. The van der Waals surface area contributed by atoms with Gasteiger partial charge in [-0.15, -0.1) is 0 Å². The molecule has 0 saturated carbocycles. The lowest BCUT2D eigenvalue weighted by Crippen LogP contribution is -1.99. The van der Waals surface area contributed by atoms with Crippen LogP contribution in [0.3, 0.4) is 0 Å². The number of non-ortho nitro benzene ring substituents is 1. The predicted octanol–water partition coefficient (Wildman–Crippen LogP) is 4.22. The van der Waals surface area contributed by atoms with Crippen LogP contribution in [-0.4, -0.2) is 4.92 Å². The molecule has 0 unspecified atom stereocenters. The van der Waals surface area contributed by atoms with Gasteiger partial charge in [0.1, 0.15) is 5.76 Å². The highest BCUT2D eigenvalue weighted by molar-refractivity contribution is 9.10. The Morgan fingerprint density at radius 2 is 2.17 bits per heavy atom. The van der Waals surface area contributed by atoms with Gasteiger partial charge in [0, 0.05) is 16.6 Å². The fraction of sp³-hybridized carbons (Fsp3) is 0.0909. The Hall–Kier alpha value is -1.53. The quantitative estimate of drug-likeness (QED) is 0.673. The number of nitro groups is 1. The minimum absolute atomic E-state index is 0.0261. The van der Waals surface area contributed by atoms with Crippen molar-refractivity contribution in [3.63, 3.8) is 0 Å². The second-order valence-corrected chi connectivity index (χ2v) is 4.71. The number of nitro benzene ring substituents is 1. The van der Waals surface area contributed by atoms with Gasteiger partial charge in [0.25, 0.3) is 5.69 Å². The van der Waals surface area contributed by atoms with Crippen LogP contribution in [-0.2, 0) is 6.54 Å². The third-order valence-electron chi connectivity index (χ3n) is 2.24. The van der Waals surface area contributed by atoms with Gasteiger partial charge in [-0.05, 0) is 45.7 Å². The highest BCUT2D eigenvalue weighted by atomic mass is 79.9. The molecule has 94 valence electrons. The molecule has 0 amide bonds. The molecule has 0 spiro atoms. The molecule has 2 aromatic rings. The van der Waals surface area contributed by atoms with E-state index in [-0.39, 0.29) is 5.69 Å². The molecule has 7 heteroatoms. The zero-order valence-corrected chi connectivity index (χ0v) is 11.4. The van der Waals surface area contributed by atoms with Crippen molar-refractivity contribution in [1.82, 2.24) is 0 Å². The molecule has 1 N–H and O–H groups in total. The van der Waals surface area contributed by atoms with Gasteiger partial charge in [-0.1, -0.05) is 0 Å². The van der Waals surface area contributed by atoms with Crippen LogP contribution in [0.15, 0.2) is 39.2 Å². The molecule has 0 aliphatic heterocycles. The lowest BCUT2D eigenvalue weighted by Gasteiger charge is -2.06. The van der Waals surface area contributed by atoms with Crippen LogP contribution in [0.5, 0.6) is 0 Å². The molecule has 0 radical (unpaired) electrons. The Labute approximate surface area is 116 Å². The van der Waals surface area contributed by atoms with Crippen LogP contribution in [0.2, 0.25) is 5.22 Å². The Kier molecular flexibility index (Phi) is 3.88. The standard InChI is InChI=1S/C11H8BrClN2O3/c12-9-3-1-7(15(16)17)5-10(9)14-6-8-2-4-11(13)18-8/h1-5,14H,6H2. The second kappa shape index (κ2) is 5.41. The van der Waals surface area contributed by atoms with Gasteiger partial charge in [-0.3, -0.25) is 10.1 Å². The van der Waals surface area contributed by atoms with Crippen molar-refractivity contribution in [2.75, 3.05) is 5.32 Å². The van der Waals surface area contributed by atoms with E-state index >= 15 is 0 Å². The fourth-order valence-corrected chi connectivity index (χ4v) is 1.94. The first-order valence-corrected chi connectivity index (χ1v) is 6.15. The van der Waals surface area contributed by atoms with Crippen molar-refractivity contribution in [2.45, 2.75) is 6.54 Å². The van der Waals surface area contributed by atoms with Gasteiger partial charge in [-0.2, -0.15) is 0 Å². The van der Waals surface area contributed by atoms with E-state index in [0.29, 0.717) is 23.2 Å². The van der Waals surface area contributed by atoms with E-state index in [4.69, 9.17) is 16.0 Å². The summed E-state index contributed by atoms with van der Waals surface area (Å²) < 4.78 is 5.92. The van der Waals surface area contributed by atoms with Crippen molar-refractivity contribution in [2.24, 2.45) is 0 Å². The molecule has 0 fully saturated rings. The fourth-order valence-electron chi connectivity index (χ4n) is 1.39. The largest absolute Gasteiger partial charge is 0.448 e. The number of furan rings is 1. The van der Waals surface area contributed by atoms with Crippen LogP contribution < -0.4 is 5.32 Å².